The topological polar surface area (TPSA) is 74.4 Å². The Bertz CT molecular complexity index is 845. The van der Waals surface area contributed by atoms with Crippen LogP contribution >= 0.6 is 0 Å². The van der Waals surface area contributed by atoms with Gasteiger partial charge in [-0.05, 0) is 36.8 Å². The van der Waals surface area contributed by atoms with Crippen LogP contribution < -0.4 is 4.90 Å². The molecule has 7 heteroatoms. The number of hydrogen-bond acceptors (Lipinski definition) is 5. The van der Waals surface area contributed by atoms with Gasteiger partial charge in [-0.25, -0.2) is 9.97 Å². The van der Waals surface area contributed by atoms with E-state index in [1.807, 2.05) is 4.90 Å². The Hall–Kier alpha value is -2.41. The molecule has 2 aromatic rings. The second-order valence-electron chi connectivity index (χ2n) is 7.45. The fourth-order valence-electron chi connectivity index (χ4n) is 4.79. The molecule has 4 fully saturated rings. The van der Waals surface area contributed by atoms with Crippen LogP contribution in [-0.2, 0) is 9.53 Å². The predicted octanol–water partition coefficient (Wildman–Crippen LogP) is 1.83. The second-order valence-corrected chi connectivity index (χ2v) is 7.45. The summed E-state index contributed by atoms with van der Waals surface area (Å²) in [5.74, 6) is 1.53. The summed E-state index contributed by atoms with van der Waals surface area (Å²) >= 11 is 0. The van der Waals surface area contributed by atoms with Gasteiger partial charge in [0.15, 0.2) is 0 Å². The van der Waals surface area contributed by atoms with Gasteiger partial charge in [-0.1, -0.05) is 6.58 Å². The zero-order chi connectivity index (χ0) is 17.7. The summed E-state index contributed by atoms with van der Waals surface area (Å²) in [6.07, 6.45) is 8.30. The van der Waals surface area contributed by atoms with E-state index in [9.17, 15) is 4.79 Å². The number of anilines is 1. The Morgan fingerprint density at radius 1 is 1.27 bits per heavy atom. The first-order valence-corrected chi connectivity index (χ1v) is 9.35. The molecule has 6 rings (SSSR count). The average Bonchev–Trinajstić information content (AvgIpc) is 3.12. The summed E-state index contributed by atoms with van der Waals surface area (Å²) in [7, 11) is 0. The summed E-state index contributed by atoms with van der Waals surface area (Å²) in [6.45, 7) is 6.89. The molecule has 0 aliphatic carbocycles. The Kier molecular flexibility index (Phi) is 3.70. The lowest BCUT2D eigenvalue weighted by atomic mass is 9.86. The zero-order valence-corrected chi connectivity index (χ0v) is 14.7. The van der Waals surface area contributed by atoms with Crippen LogP contribution in [0.5, 0.6) is 0 Å². The molecule has 0 spiro atoms. The van der Waals surface area contributed by atoms with Crippen LogP contribution in [0.25, 0.3) is 11.0 Å². The highest BCUT2D eigenvalue weighted by molar-refractivity contribution is 5.92. The van der Waals surface area contributed by atoms with Gasteiger partial charge in [0.05, 0.1) is 17.5 Å². The molecule has 2 unspecified atom stereocenters. The first-order valence-electron chi connectivity index (χ1n) is 9.35. The van der Waals surface area contributed by atoms with E-state index < -0.39 is 0 Å². The van der Waals surface area contributed by atoms with Crippen molar-refractivity contribution in [1.29, 1.82) is 0 Å². The first-order chi connectivity index (χ1) is 12.8. The SMILES string of the molecule is C=CC(=O)N1C2CC1CN(c1ncnc3[nH]cc(C4CCOCC4)c13)C2. The van der Waals surface area contributed by atoms with E-state index in [2.05, 4.69) is 32.6 Å². The van der Waals surface area contributed by atoms with Crippen molar-refractivity contribution in [2.45, 2.75) is 37.3 Å². The molecular formula is C19H23N5O2. The van der Waals surface area contributed by atoms with Gasteiger partial charge in [0.25, 0.3) is 0 Å². The zero-order valence-electron chi connectivity index (χ0n) is 14.7. The number of carbonyl (C=O) groups is 1. The summed E-state index contributed by atoms with van der Waals surface area (Å²) in [5.41, 5.74) is 2.20. The van der Waals surface area contributed by atoms with Crippen molar-refractivity contribution in [2.24, 2.45) is 0 Å². The molecule has 6 heterocycles. The molecule has 136 valence electrons. The molecule has 2 aromatic heterocycles. The highest BCUT2D eigenvalue weighted by Crippen LogP contribution is 2.39. The smallest absolute Gasteiger partial charge is 0.246 e. The third kappa shape index (κ3) is 2.34. The molecule has 7 nitrogen and oxygen atoms in total. The summed E-state index contributed by atoms with van der Waals surface area (Å²) in [6, 6.07) is 0.518. The van der Waals surface area contributed by atoms with Crippen molar-refractivity contribution in [3.05, 3.63) is 30.7 Å². The standard InChI is InChI=1S/C19H23N5O2/c1-2-16(25)24-13-7-14(24)10-23(9-13)19-17-15(12-3-5-26-6-4-12)8-20-18(17)21-11-22-19/h2,8,11-14H,1,3-7,9-10H2,(H,20,21,22). The molecule has 4 saturated heterocycles. The van der Waals surface area contributed by atoms with E-state index in [0.717, 1.165) is 62.4 Å². The van der Waals surface area contributed by atoms with Crippen LogP contribution in [0.4, 0.5) is 5.82 Å². The summed E-state index contributed by atoms with van der Waals surface area (Å²) in [4.78, 5) is 28.7. The summed E-state index contributed by atoms with van der Waals surface area (Å²) in [5, 5.41) is 1.14. The number of amides is 1. The van der Waals surface area contributed by atoms with Gasteiger partial charge < -0.3 is 19.5 Å². The maximum absolute atomic E-state index is 12.0. The number of hydrogen-bond donors (Lipinski definition) is 1. The van der Waals surface area contributed by atoms with Gasteiger partial charge in [-0.2, -0.15) is 0 Å². The Morgan fingerprint density at radius 3 is 2.77 bits per heavy atom. The number of aromatic nitrogens is 3. The number of aromatic amines is 1. The number of carbonyl (C=O) groups excluding carboxylic acids is 1. The lowest BCUT2D eigenvalue weighted by Crippen LogP contribution is -2.70. The number of ether oxygens (including phenoxy) is 1. The van der Waals surface area contributed by atoms with E-state index in [1.54, 1.807) is 6.33 Å². The van der Waals surface area contributed by atoms with Gasteiger partial charge >= 0.3 is 0 Å². The van der Waals surface area contributed by atoms with E-state index in [1.165, 1.54) is 11.6 Å². The quantitative estimate of drug-likeness (QED) is 0.852. The maximum atomic E-state index is 12.0. The normalized spacial score (nSPS) is 26.0. The van der Waals surface area contributed by atoms with Crippen LogP contribution in [0, 0.1) is 0 Å². The minimum absolute atomic E-state index is 0.0447. The van der Waals surface area contributed by atoms with Crippen molar-refractivity contribution in [2.75, 3.05) is 31.2 Å². The highest BCUT2D eigenvalue weighted by atomic mass is 16.5. The number of fused-ring (bicyclic) bond motifs is 3. The lowest BCUT2D eigenvalue weighted by Gasteiger charge is -2.56. The second kappa shape index (κ2) is 6.09. The van der Waals surface area contributed by atoms with Crippen LogP contribution in [0.15, 0.2) is 25.2 Å². The molecular weight excluding hydrogens is 330 g/mol. The van der Waals surface area contributed by atoms with Crippen LogP contribution in [0.1, 0.15) is 30.7 Å². The Morgan fingerprint density at radius 2 is 2.04 bits per heavy atom. The molecule has 1 N–H and O–H groups in total. The molecule has 0 aromatic carbocycles. The summed E-state index contributed by atoms with van der Waals surface area (Å²) < 4.78 is 5.52. The van der Waals surface area contributed by atoms with Crippen LogP contribution in [-0.4, -0.2) is 64.1 Å². The molecule has 26 heavy (non-hydrogen) atoms. The molecule has 2 bridgehead atoms. The molecule has 4 aliphatic heterocycles. The predicted molar refractivity (Wildman–Crippen MR) is 98.1 cm³/mol. The molecule has 0 radical (unpaired) electrons. The largest absolute Gasteiger partial charge is 0.381 e. The van der Waals surface area contributed by atoms with Crippen molar-refractivity contribution in [3.8, 4) is 0 Å². The number of piperidine rings is 1. The number of nitrogens with one attached hydrogen (secondary N) is 1. The fourth-order valence-corrected chi connectivity index (χ4v) is 4.79. The molecule has 1 amide bonds. The van der Waals surface area contributed by atoms with E-state index >= 15 is 0 Å². The number of nitrogens with zero attached hydrogens (tertiary/aromatic N) is 4. The van der Waals surface area contributed by atoms with Crippen LogP contribution in [0.2, 0.25) is 0 Å². The molecule has 4 aliphatic rings. The van der Waals surface area contributed by atoms with E-state index in [0.29, 0.717) is 5.92 Å². The minimum atomic E-state index is 0.0447. The highest BCUT2D eigenvalue weighted by Gasteiger charge is 2.47. The van der Waals surface area contributed by atoms with Gasteiger partial charge in [0, 0.05) is 32.5 Å². The Labute approximate surface area is 152 Å². The van der Waals surface area contributed by atoms with Crippen molar-refractivity contribution in [3.63, 3.8) is 0 Å². The number of rotatable bonds is 3. The van der Waals surface area contributed by atoms with Crippen LogP contribution in [0.3, 0.4) is 0 Å². The third-order valence-corrected chi connectivity index (χ3v) is 6.06. The third-order valence-electron chi connectivity index (χ3n) is 6.06. The molecule has 2 atom stereocenters. The van der Waals surface area contributed by atoms with E-state index in [4.69, 9.17) is 4.74 Å². The monoisotopic (exact) mass is 353 g/mol. The maximum Gasteiger partial charge on any atom is 0.246 e. The first kappa shape index (κ1) is 15.8. The number of H-pyrrole nitrogens is 1. The van der Waals surface area contributed by atoms with E-state index in [-0.39, 0.29) is 18.0 Å². The fraction of sp³-hybridized carbons (Fsp3) is 0.526. The molecule has 0 saturated carbocycles. The van der Waals surface area contributed by atoms with Crippen molar-refractivity contribution < 1.29 is 9.53 Å². The average molecular weight is 353 g/mol. The van der Waals surface area contributed by atoms with Gasteiger partial charge in [0.2, 0.25) is 5.91 Å². The van der Waals surface area contributed by atoms with Gasteiger partial charge in [0.1, 0.15) is 17.8 Å². The van der Waals surface area contributed by atoms with Crippen molar-refractivity contribution in [1.82, 2.24) is 19.9 Å². The van der Waals surface area contributed by atoms with Crippen molar-refractivity contribution >= 4 is 22.8 Å². The Balaban J connectivity index is 1.47. The lowest BCUT2D eigenvalue weighted by molar-refractivity contribution is -0.140. The van der Waals surface area contributed by atoms with Gasteiger partial charge in [-0.15, -0.1) is 0 Å². The minimum Gasteiger partial charge on any atom is -0.381 e. The van der Waals surface area contributed by atoms with Gasteiger partial charge in [-0.3, -0.25) is 4.79 Å². The number of piperazine rings is 1.